The summed E-state index contributed by atoms with van der Waals surface area (Å²) >= 11 is 0. The number of Topliss-reactive ketones (excluding diaryl/α,β-unsaturated/α-hetero) is 1. The second-order valence-corrected chi connectivity index (χ2v) is 5.66. The lowest BCUT2D eigenvalue weighted by Crippen LogP contribution is -2.46. The summed E-state index contributed by atoms with van der Waals surface area (Å²) < 4.78 is 16.9. The number of hydrogen-bond acceptors (Lipinski definition) is 4. The molecule has 114 valence electrons. The molecule has 21 heavy (non-hydrogen) atoms. The maximum atomic E-state index is 12.5. The van der Waals surface area contributed by atoms with Crippen molar-refractivity contribution in [3.05, 3.63) is 41.5 Å². The molecule has 0 atom stereocenters. The topological polar surface area (TPSA) is 44.8 Å². The van der Waals surface area contributed by atoms with Crippen LogP contribution in [0.2, 0.25) is 0 Å². The third-order valence-electron chi connectivity index (χ3n) is 4.14. The van der Waals surface area contributed by atoms with Crippen LogP contribution in [0.3, 0.4) is 0 Å². The van der Waals surface area contributed by atoms with Gasteiger partial charge in [0.15, 0.2) is 5.78 Å². The predicted molar refractivity (Wildman–Crippen MR) is 80.6 cm³/mol. The molecule has 0 radical (unpaired) electrons. The van der Waals surface area contributed by atoms with Gasteiger partial charge in [0.05, 0.1) is 12.7 Å². The molecule has 1 aromatic carbocycles. The molecule has 0 saturated heterocycles. The number of fused-ring (bicyclic) bond motifs is 1. The molecular formula is C17H22O4. The van der Waals surface area contributed by atoms with Crippen molar-refractivity contribution in [2.45, 2.75) is 26.1 Å². The van der Waals surface area contributed by atoms with Crippen LogP contribution in [0.5, 0.6) is 5.75 Å². The number of allylic oxidation sites excluding steroid dienone is 1. The maximum absolute atomic E-state index is 12.5. The standard InChI is InChI=1S/C17H22O4/c1-16(2)11-7-9-13(18)15-12(17(16,20-4)21-5)8-6-10-14(15)19-3/h6-8,10-11H,9H2,1-5H3/b11-7-. The summed E-state index contributed by atoms with van der Waals surface area (Å²) in [5.41, 5.74) is 0.783. The van der Waals surface area contributed by atoms with Crippen molar-refractivity contribution in [2.24, 2.45) is 5.41 Å². The highest BCUT2D eigenvalue weighted by Gasteiger charge is 2.49. The van der Waals surface area contributed by atoms with E-state index in [2.05, 4.69) is 0 Å². The molecule has 0 N–H and O–H groups in total. The minimum Gasteiger partial charge on any atom is -0.496 e. The Kier molecular flexibility index (Phi) is 4.21. The second kappa shape index (κ2) is 5.62. The number of ether oxygens (including phenoxy) is 3. The largest absolute Gasteiger partial charge is 0.496 e. The van der Waals surface area contributed by atoms with Crippen LogP contribution < -0.4 is 4.74 Å². The number of hydrogen-bond donors (Lipinski definition) is 0. The van der Waals surface area contributed by atoms with E-state index < -0.39 is 11.2 Å². The van der Waals surface area contributed by atoms with E-state index >= 15 is 0 Å². The number of ketones is 1. The molecule has 0 aliphatic heterocycles. The molecule has 1 aliphatic rings. The Morgan fingerprint density at radius 1 is 1.10 bits per heavy atom. The lowest BCUT2D eigenvalue weighted by atomic mass is 9.74. The number of rotatable bonds is 3. The smallest absolute Gasteiger partial charge is 0.203 e. The zero-order chi connectivity index (χ0) is 15.7. The Bertz CT molecular complexity index is 568. The van der Waals surface area contributed by atoms with Crippen LogP contribution in [0.15, 0.2) is 30.4 Å². The van der Waals surface area contributed by atoms with Crippen molar-refractivity contribution in [3.63, 3.8) is 0 Å². The van der Waals surface area contributed by atoms with Crippen molar-refractivity contribution in [1.82, 2.24) is 0 Å². The number of carbonyl (C=O) groups is 1. The summed E-state index contributed by atoms with van der Waals surface area (Å²) in [6.07, 6.45) is 4.17. The van der Waals surface area contributed by atoms with E-state index in [-0.39, 0.29) is 5.78 Å². The normalized spacial score (nSPS) is 21.1. The quantitative estimate of drug-likeness (QED) is 0.633. The Labute approximate surface area is 125 Å². The van der Waals surface area contributed by atoms with Crippen molar-refractivity contribution in [3.8, 4) is 5.75 Å². The Balaban J connectivity index is 2.84. The van der Waals surface area contributed by atoms with Gasteiger partial charge in [0.25, 0.3) is 0 Å². The molecule has 0 spiro atoms. The molecule has 1 aliphatic carbocycles. The third-order valence-corrected chi connectivity index (χ3v) is 4.14. The van der Waals surface area contributed by atoms with Gasteiger partial charge in [0, 0.05) is 31.6 Å². The van der Waals surface area contributed by atoms with Crippen LogP contribution >= 0.6 is 0 Å². The second-order valence-electron chi connectivity index (χ2n) is 5.66. The van der Waals surface area contributed by atoms with Crippen molar-refractivity contribution in [1.29, 1.82) is 0 Å². The number of benzene rings is 1. The highest BCUT2D eigenvalue weighted by molar-refractivity contribution is 6.01. The molecule has 0 bridgehead atoms. The molecule has 0 fully saturated rings. The average Bonchev–Trinajstić information content (AvgIpc) is 2.47. The summed E-state index contributed by atoms with van der Waals surface area (Å²) in [5.74, 6) is -0.515. The van der Waals surface area contributed by atoms with Gasteiger partial charge in [-0.3, -0.25) is 4.79 Å². The molecule has 0 unspecified atom stereocenters. The van der Waals surface area contributed by atoms with Crippen LogP contribution in [0.4, 0.5) is 0 Å². The molecule has 0 amide bonds. The first-order valence-corrected chi connectivity index (χ1v) is 6.92. The molecule has 4 nitrogen and oxygen atoms in total. The van der Waals surface area contributed by atoms with Gasteiger partial charge >= 0.3 is 0 Å². The fourth-order valence-electron chi connectivity index (χ4n) is 3.11. The Morgan fingerprint density at radius 2 is 1.76 bits per heavy atom. The van der Waals surface area contributed by atoms with Crippen molar-refractivity contribution in [2.75, 3.05) is 21.3 Å². The average molecular weight is 290 g/mol. The van der Waals surface area contributed by atoms with Gasteiger partial charge in [0.1, 0.15) is 5.75 Å². The van der Waals surface area contributed by atoms with Gasteiger partial charge < -0.3 is 14.2 Å². The van der Waals surface area contributed by atoms with Gasteiger partial charge in [-0.25, -0.2) is 0 Å². The van der Waals surface area contributed by atoms with Crippen LogP contribution in [-0.2, 0) is 15.3 Å². The minimum atomic E-state index is -1.05. The van der Waals surface area contributed by atoms with E-state index in [4.69, 9.17) is 14.2 Å². The molecule has 1 aromatic rings. The Morgan fingerprint density at radius 3 is 2.33 bits per heavy atom. The van der Waals surface area contributed by atoms with Crippen LogP contribution in [0.1, 0.15) is 36.2 Å². The minimum absolute atomic E-state index is 0.00678. The molecule has 4 heteroatoms. The molecular weight excluding hydrogens is 268 g/mol. The highest BCUT2D eigenvalue weighted by Crippen LogP contribution is 2.48. The molecule has 0 saturated carbocycles. The lowest BCUT2D eigenvalue weighted by Gasteiger charge is -2.44. The lowest BCUT2D eigenvalue weighted by molar-refractivity contribution is -0.266. The van der Waals surface area contributed by atoms with Gasteiger partial charge in [-0.1, -0.05) is 38.1 Å². The Hall–Kier alpha value is -1.65. The van der Waals surface area contributed by atoms with Gasteiger partial charge in [-0.15, -0.1) is 0 Å². The first-order valence-electron chi connectivity index (χ1n) is 6.92. The van der Waals surface area contributed by atoms with Crippen LogP contribution in [0.25, 0.3) is 0 Å². The molecule has 2 rings (SSSR count). The van der Waals surface area contributed by atoms with E-state index in [0.29, 0.717) is 23.3 Å². The number of methoxy groups -OCH3 is 3. The van der Waals surface area contributed by atoms with Gasteiger partial charge in [-0.2, -0.15) is 0 Å². The first kappa shape index (κ1) is 15.7. The van der Waals surface area contributed by atoms with Crippen LogP contribution in [0, 0.1) is 5.41 Å². The predicted octanol–water partition coefficient (Wildman–Crippen LogP) is 3.31. The van der Waals surface area contributed by atoms with E-state index in [1.807, 2.05) is 38.1 Å². The summed E-state index contributed by atoms with van der Waals surface area (Å²) in [6, 6.07) is 5.49. The van der Waals surface area contributed by atoms with Crippen molar-refractivity contribution < 1.29 is 19.0 Å². The van der Waals surface area contributed by atoms with Crippen molar-refractivity contribution >= 4 is 5.78 Å². The van der Waals surface area contributed by atoms with Gasteiger partial charge in [0.2, 0.25) is 5.79 Å². The third kappa shape index (κ3) is 2.28. The molecule has 0 heterocycles. The van der Waals surface area contributed by atoms with E-state index in [1.165, 1.54) is 0 Å². The molecule has 0 aromatic heterocycles. The summed E-state index contributed by atoms with van der Waals surface area (Å²) in [4.78, 5) is 12.5. The maximum Gasteiger partial charge on any atom is 0.203 e. The summed E-state index contributed by atoms with van der Waals surface area (Å²) in [5, 5.41) is 0. The fourth-order valence-corrected chi connectivity index (χ4v) is 3.11. The fraction of sp³-hybridized carbons (Fsp3) is 0.471. The summed E-state index contributed by atoms with van der Waals surface area (Å²) in [7, 11) is 4.74. The first-order chi connectivity index (χ1) is 9.93. The summed E-state index contributed by atoms with van der Waals surface area (Å²) in [6.45, 7) is 4.05. The SMILES string of the molecule is COc1cccc2c1C(=O)C/C=C\C(C)(C)C2(OC)OC. The van der Waals surface area contributed by atoms with Crippen LogP contribution in [-0.4, -0.2) is 27.1 Å². The highest BCUT2D eigenvalue weighted by atomic mass is 16.7. The number of carbonyl (C=O) groups excluding carboxylic acids is 1. The zero-order valence-corrected chi connectivity index (χ0v) is 13.2. The van der Waals surface area contributed by atoms with E-state index in [9.17, 15) is 4.79 Å². The van der Waals surface area contributed by atoms with E-state index in [1.54, 1.807) is 27.4 Å². The monoisotopic (exact) mass is 290 g/mol. The zero-order valence-electron chi connectivity index (χ0n) is 13.2. The van der Waals surface area contributed by atoms with E-state index in [0.717, 1.165) is 0 Å². The van der Waals surface area contributed by atoms with Gasteiger partial charge in [-0.05, 0) is 6.07 Å².